The Bertz CT molecular complexity index is 519. The third-order valence-electron chi connectivity index (χ3n) is 2.18. The van der Waals surface area contributed by atoms with E-state index in [1.54, 1.807) is 29.4 Å². The second-order valence-electron chi connectivity index (χ2n) is 3.41. The van der Waals surface area contributed by atoms with Gasteiger partial charge in [-0.05, 0) is 11.4 Å². The molecular formula is C11H10N2OS3. The molecule has 3 rings (SSSR count). The second kappa shape index (κ2) is 5.29. The van der Waals surface area contributed by atoms with Crippen LogP contribution in [0.1, 0.15) is 5.69 Å². The summed E-state index contributed by atoms with van der Waals surface area (Å²) < 4.78 is 6.64. The first kappa shape index (κ1) is 11.4. The number of hydrogen-bond acceptors (Lipinski definition) is 6. The summed E-state index contributed by atoms with van der Waals surface area (Å²) in [6, 6.07) is 4.02. The van der Waals surface area contributed by atoms with Crippen molar-refractivity contribution < 1.29 is 4.42 Å². The minimum atomic E-state index is 0.719. The van der Waals surface area contributed by atoms with Crippen LogP contribution in [-0.4, -0.2) is 21.7 Å². The molecule has 0 fully saturated rings. The van der Waals surface area contributed by atoms with Crippen LogP contribution < -0.4 is 0 Å². The molecule has 0 aromatic carbocycles. The molecule has 3 heterocycles. The molecule has 1 aliphatic rings. The molecule has 0 saturated heterocycles. The number of aliphatic imine (C=N–C) groups is 1. The maximum absolute atomic E-state index is 5.46. The SMILES string of the molecule is c1csc(-c2nc(CSC3=NCCS3)co2)c1. The summed E-state index contributed by atoms with van der Waals surface area (Å²) in [5.41, 5.74) is 0.980. The number of aromatic nitrogens is 1. The molecule has 0 aliphatic carbocycles. The van der Waals surface area contributed by atoms with Crippen molar-refractivity contribution in [2.75, 3.05) is 12.3 Å². The lowest BCUT2D eigenvalue weighted by Crippen LogP contribution is -1.85. The fraction of sp³-hybridized carbons (Fsp3) is 0.273. The van der Waals surface area contributed by atoms with E-state index in [1.165, 1.54) is 4.38 Å². The molecule has 0 bridgehead atoms. The standard InChI is InChI=1S/C11H10N2OS3/c1-2-9(15-4-1)10-13-8(6-14-10)7-17-11-12-3-5-16-11/h1-2,4,6H,3,5,7H2. The van der Waals surface area contributed by atoms with Crippen LogP contribution in [0, 0.1) is 0 Å². The number of thiophene rings is 1. The van der Waals surface area contributed by atoms with Gasteiger partial charge in [0.05, 0.1) is 17.1 Å². The largest absolute Gasteiger partial charge is 0.444 e. The summed E-state index contributed by atoms with van der Waals surface area (Å²) in [4.78, 5) is 9.94. The highest BCUT2D eigenvalue weighted by Gasteiger charge is 2.11. The fourth-order valence-corrected chi connectivity index (χ4v) is 3.97. The van der Waals surface area contributed by atoms with Gasteiger partial charge in [0.25, 0.3) is 0 Å². The van der Waals surface area contributed by atoms with Crippen molar-refractivity contribution in [1.29, 1.82) is 0 Å². The first-order valence-corrected chi connectivity index (χ1v) is 8.05. The molecule has 0 atom stereocenters. The highest BCUT2D eigenvalue weighted by atomic mass is 32.2. The summed E-state index contributed by atoms with van der Waals surface area (Å²) >= 11 is 5.21. The zero-order valence-corrected chi connectivity index (χ0v) is 11.4. The van der Waals surface area contributed by atoms with Gasteiger partial charge in [-0.2, -0.15) is 0 Å². The number of hydrogen-bond donors (Lipinski definition) is 0. The van der Waals surface area contributed by atoms with Gasteiger partial charge in [-0.3, -0.25) is 4.99 Å². The predicted octanol–water partition coefficient (Wildman–Crippen LogP) is 3.74. The summed E-state index contributed by atoms with van der Waals surface area (Å²) in [5.74, 6) is 2.67. The van der Waals surface area contributed by atoms with E-state index in [9.17, 15) is 0 Å². The zero-order valence-electron chi connectivity index (χ0n) is 8.96. The Balaban J connectivity index is 1.64. The molecule has 1 aliphatic heterocycles. The number of nitrogens with zero attached hydrogens (tertiary/aromatic N) is 2. The molecule has 0 radical (unpaired) electrons. The van der Waals surface area contributed by atoms with Crippen LogP contribution in [0.15, 0.2) is 33.2 Å². The van der Waals surface area contributed by atoms with Gasteiger partial charge in [0.2, 0.25) is 5.89 Å². The molecule has 6 heteroatoms. The van der Waals surface area contributed by atoms with Crippen LogP contribution >= 0.6 is 34.9 Å². The van der Waals surface area contributed by atoms with Gasteiger partial charge in [0.1, 0.15) is 10.6 Å². The van der Waals surface area contributed by atoms with Gasteiger partial charge >= 0.3 is 0 Å². The molecule has 0 unspecified atom stereocenters. The van der Waals surface area contributed by atoms with Crippen LogP contribution in [-0.2, 0) is 5.75 Å². The van der Waals surface area contributed by atoms with Gasteiger partial charge in [-0.1, -0.05) is 29.6 Å². The van der Waals surface area contributed by atoms with E-state index in [-0.39, 0.29) is 0 Å². The van der Waals surface area contributed by atoms with Gasteiger partial charge < -0.3 is 4.42 Å². The first-order valence-electron chi connectivity index (χ1n) is 5.20. The third kappa shape index (κ3) is 2.75. The van der Waals surface area contributed by atoms with E-state index in [1.807, 2.05) is 29.3 Å². The minimum absolute atomic E-state index is 0.719. The molecule has 0 saturated carbocycles. The maximum Gasteiger partial charge on any atom is 0.236 e. The fourth-order valence-electron chi connectivity index (χ4n) is 1.43. The molecular weight excluding hydrogens is 272 g/mol. The number of oxazole rings is 1. The van der Waals surface area contributed by atoms with Crippen LogP contribution in [0.5, 0.6) is 0 Å². The molecule has 0 amide bonds. The van der Waals surface area contributed by atoms with Gasteiger partial charge in [-0.25, -0.2) is 4.98 Å². The molecule has 2 aromatic heterocycles. The van der Waals surface area contributed by atoms with Crippen LogP contribution in [0.4, 0.5) is 0 Å². The smallest absolute Gasteiger partial charge is 0.236 e. The van der Waals surface area contributed by atoms with E-state index >= 15 is 0 Å². The van der Waals surface area contributed by atoms with Crippen molar-refractivity contribution in [3.05, 3.63) is 29.5 Å². The van der Waals surface area contributed by atoms with E-state index in [0.29, 0.717) is 0 Å². The maximum atomic E-state index is 5.46. The van der Waals surface area contributed by atoms with E-state index in [2.05, 4.69) is 9.98 Å². The van der Waals surface area contributed by atoms with Crippen molar-refractivity contribution in [3.63, 3.8) is 0 Å². The van der Waals surface area contributed by atoms with Gasteiger partial charge in [0, 0.05) is 11.5 Å². The Morgan fingerprint density at radius 1 is 1.47 bits per heavy atom. The van der Waals surface area contributed by atoms with E-state index in [4.69, 9.17) is 4.42 Å². The lowest BCUT2D eigenvalue weighted by Gasteiger charge is -1.95. The average molecular weight is 282 g/mol. The highest BCUT2D eigenvalue weighted by Crippen LogP contribution is 2.27. The third-order valence-corrected chi connectivity index (χ3v) is 5.33. The van der Waals surface area contributed by atoms with Gasteiger partial charge in [-0.15, -0.1) is 11.3 Å². The molecule has 2 aromatic rings. The Kier molecular flexibility index (Phi) is 3.54. The van der Waals surface area contributed by atoms with Crippen LogP contribution in [0.25, 0.3) is 10.8 Å². The summed E-state index contributed by atoms with van der Waals surface area (Å²) in [6.07, 6.45) is 1.74. The molecule has 3 nitrogen and oxygen atoms in total. The Morgan fingerprint density at radius 2 is 2.47 bits per heavy atom. The van der Waals surface area contributed by atoms with E-state index in [0.717, 1.165) is 34.5 Å². The average Bonchev–Trinajstić information content (AvgIpc) is 3.09. The zero-order chi connectivity index (χ0) is 11.5. The van der Waals surface area contributed by atoms with Gasteiger partial charge in [0.15, 0.2) is 0 Å². The second-order valence-corrected chi connectivity index (χ2v) is 6.66. The van der Waals surface area contributed by atoms with Crippen LogP contribution in [0.2, 0.25) is 0 Å². The molecule has 88 valence electrons. The van der Waals surface area contributed by atoms with Crippen molar-refractivity contribution in [2.24, 2.45) is 4.99 Å². The van der Waals surface area contributed by atoms with Crippen molar-refractivity contribution in [1.82, 2.24) is 4.98 Å². The first-order chi connectivity index (χ1) is 8.42. The minimum Gasteiger partial charge on any atom is -0.444 e. The monoisotopic (exact) mass is 282 g/mol. The predicted molar refractivity (Wildman–Crippen MR) is 75.9 cm³/mol. The molecule has 0 N–H and O–H groups in total. The Labute approximate surface area is 112 Å². The normalized spacial score (nSPS) is 15.2. The Morgan fingerprint density at radius 3 is 3.24 bits per heavy atom. The van der Waals surface area contributed by atoms with E-state index < -0.39 is 0 Å². The summed E-state index contributed by atoms with van der Waals surface area (Å²) in [6.45, 7) is 0.951. The quantitative estimate of drug-likeness (QED) is 0.859. The lowest BCUT2D eigenvalue weighted by atomic mass is 10.5. The van der Waals surface area contributed by atoms with Crippen molar-refractivity contribution in [2.45, 2.75) is 5.75 Å². The van der Waals surface area contributed by atoms with Crippen molar-refractivity contribution >= 4 is 39.2 Å². The topological polar surface area (TPSA) is 38.4 Å². The lowest BCUT2D eigenvalue weighted by molar-refractivity contribution is 0.575. The molecule has 17 heavy (non-hydrogen) atoms. The summed E-state index contributed by atoms with van der Waals surface area (Å²) in [5, 5.41) is 2.03. The number of thioether (sulfide) groups is 2. The highest BCUT2D eigenvalue weighted by molar-refractivity contribution is 8.38. The number of rotatable bonds is 3. The molecule has 0 spiro atoms. The van der Waals surface area contributed by atoms with Crippen LogP contribution in [0.3, 0.4) is 0 Å². The summed E-state index contributed by atoms with van der Waals surface area (Å²) in [7, 11) is 0. The van der Waals surface area contributed by atoms with Crippen molar-refractivity contribution in [3.8, 4) is 10.8 Å². The Hall–Kier alpha value is -0.720.